The number of Topliss-reactive ketones (excluding diaryl/α,β-unsaturated/α-hetero) is 1. The minimum Gasteiger partial charge on any atom is -0.393 e. The summed E-state index contributed by atoms with van der Waals surface area (Å²) in [5.74, 6) is -0.237. The Kier molecular flexibility index (Phi) is 4.58. The summed E-state index contributed by atoms with van der Waals surface area (Å²) in [4.78, 5) is 35.6. The lowest BCUT2D eigenvalue weighted by molar-refractivity contribution is -0.139. The Morgan fingerprint density at radius 1 is 1.00 bits per heavy atom. The van der Waals surface area contributed by atoms with E-state index < -0.39 is 17.9 Å². The summed E-state index contributed by atoms with van der Waals surface area (Å²) in [5, 5.41) is 12.1. The van der Waals surface area contributed by atoms with Crippen LogP contribution in [0.15, 0.2) is 0 Å². The number of carbonyl (C=O) groups excluding carboxylic acids is 3. The summed E-state index contributed by atoms with van der Waals surface area (Å²) in [7, 11) is 0. The number of ketones is 1. The maximum atomic E-state index is 12.2. The highest BCUT2D eigenvalue weighted by molar-refractivity contribution is 5.97. The Morgan fingerprint density at radius 2 is 1.65 bits per heavy atom. The summed E-state index contributed by atoms with van der Waals surface area (Å²) in [6.45, 7) is 4.19. The maximum Gasteiger partial charge on any atom is 0.229 e. The van der Waals surface area contributed by atoms with Crippen molar-refractivity contribution < 1.29 is 19.5 Å². The number of aliphatic hydroxyl groups is 1. The average Bonchev–Trinajstić information content (AvgIpc) is 2.34. The van der Waals surface area contributed by atoms with Crippen molar-refractivity contribution in [2.75, 3.05) is 0 Å². The number of nitrogens with one attached hydrogen (secondary N) is 1. The molecule has 1 saturated carbocycles. The molecule has 5 nitrogen and oxygen atoms in total. The predicted molar refractivity (Wildman–Crippen MR) is 72.6 cm³/mol. The highest BCUT2D eigenvalue weighted by Crippen LogP contribution is 2.41. The number of amides is 2. The van der Waals surface area contributed by atoms with E-state index >= 15 is 0 Å². The van der Waals surface area contributed by atoms with Gasteiger partial charge in [-0.25, -0.2) is 0 Å². The Bertz CT molecular complexity index is 420. The first-order chi connectivity index (χ1) is 9.38. The lowest BCUT2D eigenvalue weighted by Crippen LogP contribution is -2.44. The third kappa shape index (κ3) is 3.26. The summed E-state index contributed by atoms with van der Waals surface area (Å²) in [5.41, 5.74) is 0. The lowest BCUT2D eigenvalue weighted by Gasteiger charge is -2.40. The van der Waals surface area contributed by atoms with Crippen LogP contribution in [-0.4, -0.2) is 28.8 Å². The van der Waals surface area contributed by atoms with Crippen molar-refractivity contribution in [2.24, 2.45) is 23.7 Å². The molecular weight excluding hydrogens is 258 g/mol. The molecule has 0 spiro atoms. The van der Waals surface area contributed by atoms with Crippen molar-refractivity contribution in [3.05, 3.63) is 0 Å². The van der Waals surface area contributed by atoms with Crippen molar-refractivity contribution in [3.63, 3.8) is 0 Å². The smallest absolute Gasteiger partial charge is 0.229 e. The van der Waals surface area contributed by atoms with Crippen LogP contribution in [0, 0.1) is 23.7 Å². The quantitative estimate of drug-likeness (QED) is 0.650. The molecule has 2 N–H and O–H groups in total. The van der Waals surface area contributed by atoms with Crippen LogP contribution in [0.4, 0.5) is 0 Å². The molecule has 5 heteroatoms. The van der Waals surface area contributed by atoms with E-state index in [2.05, 4.69) is 19.2 Å². The van der Waals surface area contributed by atoms with Gasteiger partial charge >= 0.3 is 0 Å². The van der Waals surface area contributed by atoms with Crippen LogP contribution in [0.2, 0.25) is 0 Å². The first kappa shape index (κ1) is 15.2. The number of imide groups is 1. The number of aliphatic hydroxyl groups excluding tert-OH is 1. The van der Waals surface area contributed by atoms with E-state index in [1.807, 2.05) is 0 Å². The molecule has 2 fully saturated rings. The standard InChI is InChI=1S/C15H23NO4/c1-8-5-13(18)12-7-15(20)16-14(19)6-10(17)3-4-11(12)9(8)2/h8-12,17H,3-7H2,1-2H3,(H,16,19,20)/t8?,9-,10-,11-,12+/m0/s1. The fourth-order valence-electron chi connectivity index (χ4n) is 3.57. The van der Waals surface area contributed by atoms with E-state index in [0.29, 0.717) is 31.1 Å². The van der Waals surface area contributed by atoms with Gasteiger partial charge in [0.2, 0.25) is 11.8 Å². The van der Waals surface area contributed by atoms with Crippen LogP contribution in [0.1, 0.15) is 46.0 Å². The van der Waals surface area contributed by atoms with E-state index in [1.165, 1.54) is 0 Å². The molecule has 2 rings (SSSR count). The molecule has 1 aliphatic heterocycles. The second-order valence-electron chi connectivity index (χ2n) is 6.39. The highest BCUT2D eigenvalue weighted by atomic mass is 16.3. The van der Waals surface area contributed by atoms with Gasteiger partial charge < -0.3 is 5.11 Å². The van der Waals surface area contributed by atoms with Crippen LogP contribution in [0.25, 0.3) is 0 Å². The third-order valence-electron chi connectivity index (χ3n) is 4.96. The van der Waals surface area contributed by atoms with Gasteiger partial charge in [-0.2, -0.15) is 0 Å². The second-order valence-corrected chi connectivity index (χ2v) is 6.39. The zero-order valence-corrected chi connectivity index (χ0v) is 12.1. The van der Waals surface area contributed by atoms with Gasteiger partial charge in [-0.1, -0.05) is 13.8 Å². The lowest BCUT2D eigenvalue weighted by atomic mass is 9.64. The Labute approximate surface area is 119 Å². The Balaban J connectivity index is 2.21. The Hall–Kier alpha value is -1.23. The van der Waals surface area contributed by atoms with Crippen LogP contribution < -0.4 is 5.32 Å². The van der Waals surface area contributed by atoms with Gasteiger partial charge in [0.05, 0.1) is 12.5 Å². The zero-order chi connectivity index (χ0) is 14.9. The molecule has 20 heavy (non-hydrogen) atoms. The van der Waals surface area contributed by atoms with E-state index in [1.54, 1.807) is 0 Å². The van der Waals surface area contributed by atoms with Crippen molar-refractivity contribution in [2.45, 2.75) is 52.1 Å². The van der Waals surface area contributed by atoms with E-state index in [0.717, 1.165) is 0 Å². The Morgan fingerprint density at radius 3 is 2.35 bits per heavy atom. The molecule has 1 unspecified atom stereocenters. The molecule has 0 aromatic carbocycles. The zero-order valence-electron chi connectivity index (χ0n) is 12.1. The molecule has 0 radical (unpaired) electrons. The molecule has 2 aliphatic rings. The summed E-state index contributed by atoms with van der Waals surface area (Å²) >= 11 is 0. The predicted octanol–water partition coefficient (Wildman–Crippen LogP) is 1.04. The first-order valence-corrected chi connectivity index (χ1v) is 7.42. The van der Waals surface area contributed by atoms with Crippen LogP contribution >= 0.6 is 0 Å². The second kappa shape index (κ2) is 6.04. The monoisotopic (exact) mass is 281 g/mol. The molecule has 112 valence electrons. The normalized spacial score (nSPS) is 40.0. The molecule has 5 atom stereocenters. The van der Waals surface area contributed by atoms with Crippen molar-refractivity contribution in [1.82, 2.24) is 5.32 Å². The van der Waals surface area contributed by atoms with Gasteiger partial charge in [-0.05, 0) is 30.6 Å². The van der Waals surface area contributed by atoms with Gasteiger partial charge in [-0.3, -0.25) is 19.7 Å². The van der Waals surface area contributed by atoms with E-state index in [-0.39, 0.29) is 30.5 Å². The molecular formula is C15H23NO4. The van der Waals surface area contributed by atoms with Crippen LogP contribution in [0.5, 0.6) is 0 Å². The topological polar surface area (TPSA) is 83.5 Å². The highest BCUT2D eigenvalue weighted by Gasteiger charge is 2.41. The minimum atomic E-state index is -0.735. The molecule has 1 saturated heterocycles. The first-order valence-electron chi connectivity index (χ1n) is 7.42. The average molecular weight is 281 g/mol. The van der Waals surface area contributed by atoms with Gasteiger partial charge in [0, 0.05) is 18.8 Å². The maximum absolute atomic E-state index is 12.2. The summed E-state index contributed by atoms with van der Waals surface area (Å²) in [6, 6.07) is 0. The molecule has 1 aliphatic carbocycles. The molecule has 0 aromatic rings. The molecule has 1 heterocycles. The molecule has 2 amide bonds. The third-order valence-corrected chi connectivity index (χ3v) is 4.96. The number of hydrogen-bond acceptors (Lipinski definition) is 4. The molecule has 0 aromatic heterocycles. The van der Waals surface area contributed by atoms with Gasteiger partial charge in [0.15, 0.2) is 0 Å². The van der Waals surface area contributed by atoms with Crippen molar-refractivity contribution in [3.8, 4) is 0 Å². The SMILES string of the molecule is CC1CC(=O)[C@@H]2CC(=O)NC(=O)C[C@@H](O)CC[C@H]2[C@H]1C. The van der Waals surface area contributed by atoms with Gasteiger partial charge in [-0.15, -0.1) is 0 Å². The molecule has 0 bridgehead atoms. The number of fused-ring (bicyclic) bond motifs is 1. The fraction of sp³-hybridized carbons (Fsp3) is 0.800. The number of rotatable bonds is 0. The van der Waals surface area contributed by atoms with Crippen molar-refractivity contribution in [1.29, 1.82) is 0 Å². The van der Waals surface area contributed by atoms with Gasteiger partial charge in [0.25, 0.3) is 0 Å². The fourth-order valence-corrected chi connectivity index (χ4v) is 3.57. The van der Waals surface area contributed by atoms with E-state index in [9.17, 15) is 19.5 Å². The minimum absolute atomic E-state index is 0.0407. The van der Waals surface area contributed by atoms with Gasteiger partial charge in [0.1, 0.15) is 5.78 Å². The largest absolute Gasteiger partial charge is 0.393 e. The van der Waals surface area contributed by atoms with Crippen LogP contribution in [-0.2, 0) is 14.4 Å². The summed E-state index contributed by atoms with van der Waals surface area (Å²) < 4.78 is 0. The number of hydrogen-bond donors (Lipinski definition) is 2. The van der Waals surface area contributed by atoms with Crippen molar-refractivity contribution >= 4 is 17.6 Å². The van der Waals surface area contributed by atoms with E-state index in [4.69, 9.17) is 0 Å². The summed E-state index contributed by atoms with van der Waals surface area (Å²) in [6.07, 6.45) is 1.04. The van der Waals surface area contributed by atoms with Crippen LogP contribution in [0.3, 0.4) is 0 Å². The number of carbonyl (C=O) groups is 3.